The highest BCUT2D eigenvalue weighted by molar-refractivity contribution is 8.93. The van der Waals surface area contributed by atoms with E-state index in [-0.39, 0.29) is 51.5 Å². The number of aromatic nitrogens is 1. The number of hydrazone groups is 1. The third-order valence-electron chi connectivity index (χ3n) is 2.62. The molecule has 3 N–H and O–H groups in total. The zero-order valence-electron chi connectivity index (χ0n) is 12.5. The van der Waals surface area contributed by atoms with Crippen molar-refractivity contribution < 1.29 is 14.5 Å². The van der Waals surface area contributed by atoms with E-state index in [1.807, 2.05) is 0 Å². The molecule has 1 aromatic heterocycles. The van der Waals surface area contributed by atoms with Gasteiger partial charge in [-0.15, -0.1) is 28.3 Å². The number of benzene rings is 1. The van der Waals surface area contributed by atoms with E-state index >= 15 is 0 Å². The molecule has 0 atom stereocenters. The number of nitrogens with two attached hydrogens (primary N) is 1. The molecule has 0 amide bonds. The number of nitrogen functional groups attached to an aromatic ring is 1. The van der Waals surface area contributed by atoms with E-state index in [2.05, 4.69) is 15.5 Å². The van der Waals surface area contributed by atoms with Crippen molar-refractivity contribution in [3.8, 4) is 0 Å². The van der Waals surface area contributed by atoms with E-state index in [4.69, 9.17) is 10.5 Å². The van der Waals surface area contributed by atoms with Crippen molar-refractivity contribution >= 4 is 56.5 Å². The molecule has 0 fully saturated rings. The SMILES string of the molecule is Br.CCOC(=O)C(=NNc1ccccc1[N+](=O)[O-])c1csc(N)n1. The van der Waals surface area contributed by atoms with E-state index in [1.165, 1.54) is 18.2 Å². The number of ether oxygens (including phenoxy) is 1. The molecule has 0 unspecified atom stereocenters. The molecule has 0 saturated carbocycles. The fraction of sp³-hybridized carbons (Fsp3) is 0.154. The smallest absolute Gasteiger partial charge is 0.361 e. The van der Waals surface area contributed by atoms with Crippen molar-refractivity contribution in [3.63, 3.8) is 0 Å². The Morgan fingerprint density at radius 3 is 2.79 bits per heavy atom. The molecule has 2 aromatic rings. The van der Waals surface area contributed by atoms with E-state index in [1.54, 1.807) is 18.4 Å². The number of carbonyl (C=O) groups is 1. The van der Waals surface area contributed by atoms with Gasteiger partial charge in [0.15, 0.2) is 10.8 Å². The Hall–Kier alpha value is -2.53. The third kappa shape index (κ3) is 4.73. The maximum absolute atomic E-state index is 12.0. The Labute approximate surface area is 151 Å². The first kappa shape index (κ1) is 19.5. The summed E-state index contributed by atoms with van der Waals surface area (Å²) in [6.45, 7) is 1.81. The van der Waals surface area contributed by atoms with Crippen LogP contribution in [0.5, 0.6) is 0 Å². The van der Waals surface area contributed by atoms with Crippen LogP contribution in [-0.4, -0.2) is 28.2 Å². The number of halogens is 1. The predicted molar refractivity (Wildman–Crippen MR) is 96.7 cm³/mol. The lowest BCUT2D eigenvalue weighted by Crippen LogP contribution is -2.20. The Morgan fingerprint density at radius 2 is 2.21 bits per heavy atom. The quantitative estimate of drug-likeness (QED) is 0.320. The summed E-state index contributed by atoms with van der Waals surface area (Å²) in [5.41, 5.74) is 8.16. The first-order valence-electron chi connectivity index (χ1n) is 6.48. The van der Waals surface area contributed by atoms with Crippen LogP contribution < -0.4 is 11.2 Å². The standard InChI is InChI=1S/C13H13N5O4S.BrH/c1-2-22-12(19)11(9-7-23-13(14)15-9)17-16-8-5-3-4-6-10(8)18(20)21;/h3-7,16H,2H2,1H3,(H2,14,15);1H. The molecule has 0 bridgehead atoms. The van der Waals surface area contributed by atoms with Gasteiger partial charge in [0.25, 0.3) is 5.69 Å². The zero-order chi connectivity index (χ0) is 16.8. The van der Waals surface area contributed by atoms with Gasteiger partial charge in [-0.25, -0.2) is 9.78 Å². The molecule has 0 saturated heterocycles. The molecule has 0 radical (unpaired) electrons. The normalized spacial score (nSPS) is 10.6. The molecule has 0 aliphatic carbocycles. The number of carbonyl (C=O) groups excluding carboxylic acids is 1. The lowest BCUT2D eigenvalue weighted by molar-refractivity contribution is -0.384. The van der Waals surface area contributed by atoms with Gasteiger partial charge in [0.05, 0.1) is 11.5 Å². The van der Waals surface area contributed by atoms with Crippen molar-refractivity contribution in [1.29, 1.82) is 0 Å². The van der Waals surface area contributed by atoms with Crippen molar-refractivity contribution in [2.75, 3.05) is 17.8 Å². The van der Waals surface area contributed by atoms with Crippen LogP contribution in [0.2, 0.25) is 0 Å². The Balaban J connectivity index is 0.00000288. The van der Waals surface area contributed by atoms with Crippen LogP contribution in [0.1, 0.15) is 12.6 Å². The number of nitro groups is 1. The monoisotopic (exact) mass is 415 g/mol. The van der Waals surface area contributed by atoms with Crippen LogP contribution in [0.4, 0.5) is 16.5 Å². The van der Waals surface area contributed by atoms with Crippen LogP contribution in [0.3, 0.4) is 0 Å². The van der Waals surface area contributed by atoms with Gasteiger partial charge in [0, 0.05) is 11.4 Å². The molecule has 0 aliphatic heterocycles. The summed E-state index contributed by atoms with van der Waals surface area (Å²) in [7, 11) is 0. The van der Waals surface area contributed by atoms with Gasteiger partial charge in [-0.05, 0) is 13.0 Å². The molecule has 11 heteroatoms. The summed E-state index contributed by atoms with van der Waals surface area (Å²) in [4.78, 5) is 26.4. The number of nitro benzene ring substituents is 1. The maximum Gasteiger partial charge on any atom is 0.361 e. The van der Waals surface area contributed by atoms with Crippen LogP contribution in [-0.2, 0) is 9.53 Å². The van der Waals surface area contributed by atoms with Crippen molar-refractivity contribution in [2.24, 2.45) is 5.10 Å². The van der Waals surface area contributed by atoms with E-state index in [0.29, 0.717) is 0 Å². The minimum Gasteiger partial charge on any atom is -0.461 e. The number of rotatable bonds is 6. The van der Waals surface area contributed by atoms with E-state index in [9.17, 15) is 14.9 Å². The summed E-state index contributed by atoms with van der Waals surface area (Å²) in [5.74, 6) is -0.705. The van der Waals surface area contributed by atoms with Crippen LogP contribution in [0.15, 0.2) is 34.7 Å². The summed E-state index contributed by atoms with van der Waals surface area (Å²) < 4.78 is 4.91. The molecule has 24 heavy (non-hydrogen) atoms. The fourth-order valence-electron chi connectivity index (χ4n) is 1.65. The second kappa shape index (κ2) is 8.93. The summed E-state index contributed by atoms with van der Waals surface area (Å²) in [6.07, 6.45) is 0. The van der Waals surface area contributed by atoms with Gasteiger partial charge in [0.2, 0.25) is 0 Å². The highest BCUT2D eigenvalue weighted by atomic mass is 79.9. The number of para-hydroxylation sites is 2. The number of hydrogen-bond acceptors (Lipinski definition) is 9. The molecule has 1 aromatic carbocycles. The minimum absolute atomic E-state index is 0. The highest BCUT2D eigenvalue weighted by Crippen LogP contribution is 2.23. The molecular weight excluding hydrogens is 402 g/mol. The van der Waals surface area contributed by atoms with Crippen LogP contribution >= 0.6 is 28.3 Å². The second-order valence-electron chi connectivity index (χ2n) is 4.14. The fourth-order valence-corrected chi connectivity index (χ4v) is 2.19. The number of esters is 1. The van der Waals surface area contributed by atoms with Crippen molar-refractivity contribution in [2.45, 2.75) is 6.92 Å². The Kier molecular flexibility index (Phi) is 7.27. The molecule has 0 aliphatic rings. The van der Waals surface area contributed by atoms with Gasteiger partial charge in [-0.3, -0.25) is 15.5 Å². The molecule has 2 rings (SSSR count). The number of thiazole rings is 1. The third-order valence-corrected chi connectivity index (χ3v) is 3.30. The first-order chi connectivity index (χ1) is 11.0. The average molecular weight is 416 g/mol. The van der Waals surface area contributed by atoms with Gasteiger partial charge < -0.3 is 10.5 Å². The molecule has 9 nitrogen and oxygen atoms in total. The van der Waals surface area contributed by atoms with Gasteiger partial charge >= 0.3 is 5.97 Å². The Bertz CT molecular complexity index is 764. The van der Waals surface area contributed by atoms with Crippen LogP contribution in [0, 0.1) is 10.1 Å². The van der Waals surface area contributed by atoms with Gasteiger partial charge in [0.1, 0.15) is 11.4 Å². The number of nitrogens with one attached hydrogen (secondary N) is 1. The number of hydrogen-bond donors (Lipinski definition) is 2. The van der Waals surface area contributed by atoms with Gasteiger partial charge in [-0.2, -0.15) is 5.10 Å². The minimum atomic E-state index is -0.705. The molecule has 128 valence electrons. The van der Waals surface area contributed by atoms with Crippen LogP contribution in [0.25, 0.3) is 0 Å². The highest BCUT2D eigenvalue weighted by Gasteiger charge is 2.20. The number of anilines is 2. The van der Waals surface area contributed by atoms with Crippen molar-refractivity contribution in [3.05, 3.63) is 45.5 Å². The maximum atomic E-state index is 12.0. The second-order valence-corrected chi connectivity index (χ2v) is 5.03. The summed E-state index contributed by atoms with van der Waals surface area (Å²) in [6, 6.07) is 5.93. The molecule has 0 spiro atoms. The Morgan fingerprint density at radius 1 is 1.50 bits per heavy atom. The summed E-state index contributed by atoms with van der Waals surface area (Å²) >= 11 is 1.14. The molecule has 1 heterocycles. The largest absolute Gasteiger partial charge is 0.461 e. The summed E-state index contributed by atoms with van der Waals surface area (Å²) in [5, 5.41) is 16.7. The van der Waals surface area contributed by atoms with Crippen molar-refractivity contribution in [1.82, 2.24) is 4.98 Å². The topological polar surface area (TPSA) is 133 Å². The van der Waals surface area contributed by atoms with E-state index in [0.717, 1.165) is 11.3 Å². The lowest BCUT2D eigenvalue weighted by atomic mass is 10.3. The lowest BCUT2D eigenvalue weighted by Gasteiger charge is -2.05. The zero-order valence-corrected chi connectivity index (χ0v) is 15.0. The first-order valence-corrected chi connectivity index (χ1v) is 7.36. The van der Waals surface area contributed by atoms with E-state index < -0.39 is 10.9 Å². The number of nitrogens with zero attached hydrogens (tertiary/aromatic N) is 3. The average Bonchev–Trinajstić information content (AvgIpc) is 2.94. The predicted octanol–water partition coefficient (Wildman–Crippen LogP) is 2.59. The van der Waals surface area contributed by atoms with Gasteiger partial charge in [-0.1, -0.05) is 12.1 Å². The molecular formula is C13H14BrN5O4S.